The van der Waals surface area contributed by atoms with E-state index in [2.05, 4.69) is 0 Å². The molecule has 2 rings (SSSR count). The summed E-state index contributed by atoms with van der Waals surface area (Å²) in [5.41, 5.74) is -1.20. The van der Waals surface area contributed by atoms with Gasteiger partial charge in [-0.25, -0.2) is 0 Å². The maximum Gasteiger partial charge on any atom is 0.307 e. The first-order valence-corrected chi connectivity index (χ1v) is 6.70. The van der Waals surface area contributed by atoms with Crippen molar-refractivity contribution in [3.05, 3.63) is 22.3 Å². The van der Waals surface area contributed by atoms with Crippen LogP contribution in [0.15, 0.2) is 12.2 Å². The van der Waals surface area contributed by atoms with Crippen molar-refractivity contribution < 1.29 is 14.8 Å². The van der Waals surface area contributed by atoms with Crippen LogP contribution in [-0.2, 0) is 4.79 Å². The smallest absolute Gasteiger partial charge is 0.307 e. The zero-order chi connectivity index (χ0) is 14.4. The number of aliphatic carboxylic acids is 1. The van der Waals surface area contributed by atoms with Crippen molar-refractivity contribution in [3.8, 4) is 0 Å². The van der Waals surface area contributed by atoms with Crippen LogP contribution in [0.2, 0.25) is 0 Å². The molecule has 0 aliphatic heterocycles. The second-order valence-electron chi connectivity index (χ2n) is 7.02. The fourth-order valence-electron chi connectivity index (χ4n) is 4.33. The maximum absolute atomic E-state index is 11.7. The zero-order valence-electron chi connectivity index (χ0n) is 11.6. The predicted octanol–water partition coefficient (Wildman–Crippen LogP) is 2.59. The van der Waals surface area contributed by atoms with E-state index in [1.165, 1.54) is 0 Å². The summed E-state index contributed by atoms with van der Waals surface area (Å²) in [6.07, 6.45) is 5.62. The Labute approximate surface area is 112 Å². The van der Waals surface area contributed by atoms with Gasteiger partial charge in [0.05, 0.1) is 11.3 Å². The van der Waals surface area contributed by atoms with Crippen LogP contribution in [0.5, 0.6) is 0 Å². The highest BCUT2D eigenvalue weighted by Crippen LogP contribution is 2.63. The predicted molar refractivity (Wildman–Crippen MR) is 70.2 cm³/mol. The highest BCUT2D eigenvalue weighted by Gasteiger charge is 2.64. The Hall–Kier alpha value is -1.39. The van der Waals surface area contributed by atoms with Gasteiger partial charge >= 0.3 is 5.97 Å². The molecule has 0 aromatic rings. The minimum absolute atomic E-state index is 0.0539. The van der Waals surface area contributed by atoms with Gasteiger partial charge in [0.1, 0.15) is 0 Å². The van der Waals surface area contributed by atoms with Crippen LogP contribution in [0, 0.1) is 38.7 Å². The first kappa shape index (κ1) is 14.0. The molecule has 0 spiro atoms. The molecule has 106 valence electrons. The van der Waals surface area contributed by atoms with Crippen molar-refractivity contribution >= 4 is 5.97 Å². The summed E-state index contributed by atoms with van der Waals surface area (Å²) in [7, 11) is 0. The molecule has 19 heavy (non-hydrogen) atoms. The maximum atomic E-state index is 11.7. The van der Waals surface area contributed by atoms with Gasteiger partial charge in [0.2, 0.25) is 6.54 Å². The van der Waals surface area contributed by atoms with Crippen LogP contribution in [0.4, 0.5) is 0 Å². The van der Waals surface area contributed by atoms with E-state index in [1.807, 2.05) is 32.9 Å². The third kappa shape index (κ3) is 2.15. The normalized spacial score (nSPS) is 34.5. The van der Waals surface area contributed by atoms with Crippen molar-refractivity contribution in [2.75, 3.05) is 6.54 Å². The number of carbonyl (C=O) groups is 1. The van der Waals surface area contributed by atoms with Gasteiger partial charge in [0, 0.05) is 4.92 Å². The van der Waals surface area contributed by atoms with E-state index < -0.39 is 22.7 Å². The molecular weight excluding hydrogens is 246 g/mol. The van der Waals surface area contributed by atoms with Gasteiger partial charge in [0.15, 0.2) is 0 Å². The summed E-state index contributed by atoms with van der Waals surface area (Å²) < 4.78 is 0. The Morgan fingerprint density at radius 1 is 1.58 bits per heavy atom. The quantitative estimate of drug-likeness (QED) is 0.482. The number of fused-ring (bicyclic) bond motifs is 1. The molecule has 5 heteroatoms. The third-order valence-corrected chi connectivity index (χ3v) is 4.71. The molecule has 0 radical (unpaired) electrons. The number of hydrogen-bond acceptors (Lipinski definition) is 3. The summed E-state index contributed by atoms with van der Waals surface area (Å²) in [6.45, 7) is 5.34. The number of nitrogens with zero attached hydrogens (tertiary/aromatic N) is 1. The van der Waals surface area contributed by atoms with E-state index >= 15 is 0 Å². The molecular formula is C14H21NO4. The van der Waals surface area contributed by atoms with Crippen LogP contribution in [0.25, 0.3) is 0 Å². The summed E-state index contributed by atoms with van der Waals surface area (Å²) >= 11 is 0. The molecule has 1 unspecified atom stereocenters. The van der Waals surface area contributed by atoms with Crippen molar-refractivity contribution in [3.63, 3.8) is 0 Å². The Morgan fingerprint density at radius 2 is 2.21 bits per heavy atom. The van der Waals surface area contributed by atoms with Crippen LogP contribution in [-0.4, -0.2) is 22.5 Å². The largest absolute Gasteiger partial charge is 0.481 e. The summed E-state index contributed by atoms with van der Waals surface area (Å²) in [4.78, 5) is 22.4. The first-order chi connectivity index (χ1) is 8.68. The fourth-order valence-corrected chi connectivity index (χ4v) is 4.33. The van der Waals surface area contributed by atoms with E-state index in [0.29, 0.717) is 12.3 Å². The van der Waals surface area contributed by atoms with Crippen molar-refractivity contribution in [2.24, 2.45) is 28.6 Å². The fraction of sp³-hybridized carbons (Fsp3) is 0.786. The molecule has 0 saturated heterocycles. The van der Waals surface area contributed by atoms with Crippen LogP contribution >= 0.6 is 0 Å². The molecule has 1 N–H and O–H groups in total. The molecule has 1 saturated carbocycles. The molecule has 0 aromatic heterocycles. The van der Waals surface area contributed by atoms with Crippen molar-refractivity contribution in [1.82, 2.24) is 0 Å². The van der Waals surface area contributed by atoms with Gasteiger partial charge < -0.3 is 5.11 Å². The molecule has 2 aliphatic rings. The van der Waals surface area contributed by atoms with Crippen molar-refractivity contribution in [1.29, 1.82) is 0 Å². The Kier molecular flexibility index (Phi) is 3.19. The number of nitro groups is 1. The summed E-state index contributed by atoms with van der Waals surface area (Å²) in [5, 5.41) is 20.6. The average Bonchev–Trinajstić information content (AvgIpc) is 2.55. The second-order valence-corrected chi connectivity index (χ2v) is 7.02. The molecule has 0 heterocycles. The lowest BCUT2D eigenvalue weighted by molar-refractivity contribution is -0.510. The van der Waals surface area contributed by atoms with Crippen LogP contribution in [0.1, 0.15) is 33.6 Å². The molecule has 1 fully saturated rings. The van der Waals surface area contributed by atoms with Gasteiger partial charge in [0.25, 0.3) is 0 Å². The summed E-state index contributed by atoms with van der Waals surface area (Å²) in [5.74, 6) is -1.13. The molecule has 4 atom stereocenters. The van der Waals surface area contributed by atoms with Gasteiger partial charge in [-0.15, -0.1) is 0 Å². The molecule has 5 nitrogen and oxygen atoms in total. The summed E-state index contributed by atoms with van der Waals surface area (Å²) in [6, 6.07) is 0. The average molecular weight is 267 g/mol. The number of hydrogen-bond donors (Lipinski definition) is 1. The van der Waals surface area contributed by atoms with E-state index in [0.717, 1.165) is 6.42 Å². The number of carboxylic acid groups (broad SMARTS) is 1. The lowest BCUT2D eigenvalue weighted by atomic mass is 9.46. The second kappa shape index (κ2) is 4.32. The number of allylic oxidation sites excluding steroid dienone is 2. The van der Waals surface area contributed by atoms with Gasteiger partial charge in [-0.05, 0) is 30.1 Å². The van der Waals surface area contributed by atoms with E-state index in [4.69, 9.17) is 0 Å². The minimum Gasteiger partial charge on any atom is -0.481 e. The molecule has 0 aromatic carbocycles. The van der Waals surface area contributed by atoms with Gasteiger partial charge in [-0.1, -0.05) is 32.9 Å². The van der Waals surface area contributed by atoms with E-state index in [1.54, 1.807) is 0 Å². The molecule has 0 bridgehead atoms. The standard InChI is InChI=1S/C14H21NO4/c1-13(2,3)11(12(16)17)14(8-15(18)19)7-9-5-4-6-10(9)14/h4,6,9-11H,5,7-8H2,1-3H3,(H,16,17)/t9-,10-,11?,14+/m0/s1. The van der Waals surface area contributed by atoms with Crippen molar-refractivity contribution in [2.45, 2.75) is 33.6 Å². The highest BCUT2D eigenvalue weighted by atomic mass is 16.6. The SMILES string of the molecule is CC(C)(C)C(C(=O)O)[C@@]1(C[N+](=O)[O-])C[C@@H]2CC=C[C@@H]21. The monoisotopic (exact) mass is 267 g/mol. The van der Waals surface area contributed by atoms with E-state index in [9.17, 15) is 20.0 Å². The van der Waals surface area contributed by atoms with Crippen LogP contribution in [0.3, 0.4) is 0 Å². The lowest BCUT2D eigenvalue weighted by Gasteiger charge is -2.55. The highest BCUT2D eigenvalue weighted by molar-refractivity contribution is 5.72. The van der Waals surface area contributed by atoms with Gasteiger partial charge in [-0.3, -0.25) is 14.9 Å². The molecule has 2 aliphatic carbocycles. The Balaban J connectivity index is 2.40. The Morgan fingerprint density at radius 3 is 2.63 bits per heavy atom. The number of rotatable bonds is 4. The van der Waals surface area contributed by atoms with Gasteiger partial charge in [-0.2, -0.15) is 0 Å². The lowest BCUT2D eigenvalue weighted by Crippen LogP contribution is -2.59. The first-order valence-electron chi connectivity index (χ1n) is 6.70. The zero-order valence-corrected chi connectivity index (χ0v) is 11.6. The number of carboxylic acids is 1. The molecule has 0 amide bonds. The topological polar surface area (TPSA) is 80.4 Å². The Bertz CT molecular complexity index is 437. The minimum atomic E-state index is -0.909. The van der Waals surface area contributed by atoms with Crippen LogP contribution < -0.4 is 0 Å². The van der Waals surface area contributed by atoms with E-state index in [-0.39, 0.29) is 17.4 Å². The third-order valence-electron chi connectivity index (χ3n) is 4.71.